The van der Waals surface area contributed by atoms with Crippen molar-refractivity contribution in [2.75, 3.05) is 17.7 Å². The topological polar surface area (TPSA) is 113 Å². The lowest BCUT2D eigenvalue weighted by Gasteiger charge is -2.09. The van der Waals surface area contributed by atoms with E-state index in [9.17, 15) is 9.59 Å². The first-order chi connectivity index (χ1) is 12.5. The monoisotopic (exact) mass is 373 g/mol. The SMILES string of the molecule is Cc1ccc(NC(=O)CSc2nc3c(cnn3CCO)c(=O)[nH]2)c(C)c1. The van der Waals surface area contributed by atoms with Crippen molar-refractivity contribution in [1.82, 2.24) is 19.7 Å². The maximum Gasteiger partial charge on any atom is 0.262 e. The molecule has 1 amide bonds. The highest BCUT2D eigenvalue weighted by molar-refractivity contribution is 7.99. The second-order valence-electron chi connectivity index (χ2n) is 5.85. The van der Waals surface area contributed by atoms with Gasteiger partial charge in [-0.2, -0.15) is 5.10 Å². The normalized spacial score (nSPS) is 11.0. The Kier molecular flexibility index (Phi) is 5.38. The third-order valence-electron chi connectivity index (χ3n) is 3.79. The van der Waals surface area contributed by atoms with Crippen molar-refractivity contribution in [2.24, 2.45) is 0 Å². The quantitative estimate of drug-likeness (QED) is 0.445. The number of carbonyl (C=O) groups excluding carboxylic acids is 1. The fraction of sp³-hybridized carbons (Fsp3) is 0.294. The first-order valence-corrected chi connectivity index (χ1v) is 9.03. The molecular formula is C17H19N5O3S. The molecule has 0 unspecified atom stereocenters. The van der Waals surface area contributed by atoms with Crippen molar-refractivity contribution >= 4 is 34.4 Å². The van der Waals surface area contributed by atoms with E-state index in [1.165, 1.54) is 10.9 Å². The van der Waals surface area contributed by atoms with Gasteiger partial charge < -0.3 is 15.4 Å². The van der Waals surface area contributed by atoms with E-state index >= 15 is 0 Å². The maximum absolute atomic E-state index is 12.2. The number of aliphatic hydroxyl groups is 1. The van der Waals surface area contributed by atoms with Gasteiger partial charge in [-0.05, 0) is 25.5 Å². The number of thioether (sulfide) groups is 1. The summed E-state index contributed by atoms with van der Waals surface area (Å²) >= 11 is 1.13. The van der Waals surface area contributed by atoms with Gasteiger partial charge >= 0.3 is 0 Å². The van der Waals surface area contributed by atoms with E-state index in [1.54, 1.807) is 0 Å². The molecule has 0 aliphatic heterocycles. The molecule has 26 heavy (non-hydrogen) atoms. The molecule has 1 aromatic carbocycles. The lowest BCUT2D eigenvalue weighted by Crippen LogP contribution is -2.16. The van der Waals surface area contributed by atoms with E-state index in [0.29, 0.717) is 16.2 Å². The van der Waals surface area contributed by atoms with Crippen molar-refractivity contribution in [3.8, 4) is 0 Å². The number of nitrogens with zero attached hydrogens (tertiary/aromatic N) is 3. The van der Waals surface area contributed by atoms with Gasteiger partial charge in [0.05, 0.1) is 25.1 Å². The maximum atomic E-state index is 12.2. The first kappa shape index (κ1) is 18.2. The standard InChI is InChI=1S/C17H19N5O3S/c1-10-3-4-13(11(2)7-10)19-14(24)9-26-17-20-15-12(16(25)21-17)8-18-22(15)5-6-23/h3-4,7-8,23H,5-6,9H2,1-2H3,(H,19,24)(H,20,21,25). The van der Waals surface area contributed by atoms with E-state index in [1.807, 2.05) is 32.0 Å². The van der Waals surface area contributed by atoms with Gasteiger partial charge in [0.15, 0.2) is 10.8 Å². The van der Waals surface area contributed by atoms with Crippen LogP contribution in [0.2, 0.25) is 0 Å². The van der Waals surface area contributed by atoms with Gasteiger partial charge in [-0.1, -0.05) is 29.5 Å². The molecule has 3 rings (SSSR count). The molecule has 0 fully saturated rings. The van der Waals surface area contributed by atoms with Crippen molar-refractivity contribution in [2.45, 2.75) is 25.5 Å². The average molecular weight is 373 g/mol. The Labute approximate surface area is 153 Å². The van der Waals surface area contributed by atoms with E-state index < -0.39 is 0 Å². The lowest BCUT2D eigenvalue weighted by molar-refractivity contribution is -0.113. The molecule has 0 atom stereocenters. The molecule has 0 saturated carbocycles. The third kappa shape index (κ3) is 3.94. The van der Waals surface area contributed by atoms with Crippen molar-refractivity contribution < 1.29 is 9.90 Å². The Morgan fingerprint density at radius 2 is 2.19 bits per heavy atom. The average Bonchev–Trinajstić information content (AvgIpc) is 3.00. The van der Waals surface area contributed by atoms with Crippen LogP contribution < -0.4 is 10.9 Å². The molecule has 0 aliphatic carbocycles. The highest BCUT2D eigenvalue weighted by Gasteiger charge is 2.12. The van der Waals surface area contributed by atoms with Gasteiger partial charge in [0.1, 0.15) is 5.39 Å². The van der Waals surface area contributed by atoms with Crippen LogP contribution in [0, 0.1) is 13.8 Å². The molecule has 2 aromatic heterocycles. The van der Waals surface area contributed by atoms with Gasteiger partial charge in [0, 0.05) is 5.69 Å². The number of aliphatic hydroxyl groups excluding tert-OH is 1. The highest BCUT2D eigenvalue weighted by Crippen LogP contribution is 2.18. The number of nitrogens with one attached hydrogen (secondary N) is 2. The van der Waals surface area contributed by atoms with E-state index in [-0.39, 0.29) is 30.4 Å². The number of anilines is 1. The summed E-state index contributed by atoms with van der Waals surface area (Å²) < 4.78 is 1.46. The number of fused-ring (bicyclic) bond motifs is 1. The predicted molar refractivity (Wildman–Crippen MR) is 101 cm³/mol. The molecule has 0 spiro atoms. The van der Waals surface area contributed by atoms with Crippen LogP contribution in [-0.4, -0.2) is 43.1 Å². The molecule has 0 saturated heterocycles. The van der Waals surface area contributed by atoms with Crippen LogP contribution in [0.5, 0.6) is 0 Å². The Morgan fingerprint density at radius 1 is 1.38 bits per heavy atom. The molecule has 136 valence electrons. The molecule has 3 N–H and O–H groups in total. The number of aromatic nitrogens is 4. The second-order valence-corrected chi connectivity index (χ2v) is 6.82. The molecule has 2 heterocycles. The van der Waals surface area contributed by atoms with Gasteiger partial charge in [-0.25, -0.2) is 9.67 Å². The van der Waals surface area contributed by atoms with E-state index in [0.717, 1.165) is 28.6 Å². The highest BCUT2D eigenvalue weighted by atomic mass is 32.2. The molecule has 9 heteroatoms. The molecule has 0 aliphatic rings. The minimum absolute atomic E-state index is 0.105. The third-order valence-corrected chi connectivity index (χ3v) is 4.67. The smallest absolute Gasteiger partial charge is 0.262 e. The zero-order valence-electron chi connectivity index (χ0n) is 14.4. The summed E-state index contributed by atoms with van der Waals surface area (Å²) in [5, 5.41) is 16.6. The predicted octanol–water partition coefficient (Wildman–Crippen LogP) is 1.46. The summed E-state index contributed by atoms with van der Waals surface area (Å²) in [6.07, 6.45) is 1.41. The van der Waals surface area contributed by atoms with Gasteiger partial charge in [0.2, 0.25) is 5.91 Å². The molecule has 3 aromatic rings. The van der Waals surface area contributed by atoms with Crippen molar-refractivity contribution in [3.63, 3.8) is 0 Å². The second kappa shape index (κ2) is 7.71. The summed E-state index contributed by atoms with van der Waals surface area (Å²) in [7, 11) is 0. The van der Waals surface area contributed by atoms with Crippen molar-refractivity contribution in [1.29, 1.82) is 0 Å². The van der Waals surface area contributed by atoms with Gasteiger partial charge in [-0.15, -0.1) is 0 Å². The van der Waals surface area contributed by atoms with Crippen LogP contribution in [0.4, 0.5) is 5.69 Å². The molecule has 0 bridgehead atoms. The fourth-order valence-electron chi connectivity index (χ4n) is 2.55. The minimum atomic E-state index is -0.323. The molecular weight excluding hydrogens is 354 g/mol. The largest absolute Gasteiger partial charge is 0.394 e. The lowest BCUT2D eigenvalue weighted by atomic mass is 10.1. The summed E-state index contributed by atoms with van der Waals surface area (Å²) in [6.45, 7) is 4.07. The van der Waals surface area contributed by atoms with Crippen LogP contribution in [0.15, 0.2) is 34.3 Å². The number of H-pyrrole nitrogens is 1. The number of rotatable bonds is 6. The van der Waals surface area contributed by atoms with Gasteiger partial charge in [0.25, 0.3) is 5.56 Å². The Morgan fingerprint density at radius 3 is 2.92 bits per heavy atom. The Hall–Kier alpha value is -2.65. The number of hydrogen-bond donors (Lipinski definition) is 3. The fourth-order valence-corrected chi connectivity index (χ4v) is 3.20. The summed E-state index contributed by atoms with van der Waals surface area (Å²) in [6, 6.07) is 5.80. The van der Waals surface area contributed by atoms with Crippen LogP contribution in [0.25, 0.3) is 11.0 Å². The minimum Gasteiger partial charge on any atom is -0.394 e. The van der Waals surface area contributed by atoms with Crippen LogP contribution in [-0.2, 0) is 11.3 Å². The van der Waals surface area contributed by atoms with Crippen LogP contribution >= 0.6 is 11.8 Å². The number of carbonyl (C=O) groups is 1. The summed E-state index contributed by atoms with van der Waals surface area (Å²) in [4.78, 5) is 31.3. The number of amides is 1. The molecule has 8 nitrogen and oxygen atoms in total. The Balaban J connectivity index is 1.71. The Bertz CT molecular complexity index is 1010. The van der Waals surface area contributed by atoms with Crippen molar-refractivity contribution in [3.05, 3.63) is 45.9 Å². The van der Waals surface area contributed by atoms with Crippen LogP contribution in [0.1, 0.15) is 11.1 Å². The van der Waals surface area contributed by atoms with E-state index in [4.69, 9.17) is 5.11 Å². The number of hydrogen-bond acceptors (Lipinski definition) is 6. The zero-order valence-corrected chi connectivity index (χ0v) is 15.3. The molecule has 0 radical (unpaired) electrons. The summed E-state index contributed by atoms with van der Waals surface area (Å²) in [5.74, 6) is -0.0795. The number of aromatic amines is 1. The van der Waals surface area contributed by atoms with Gasteiger partial charge in [-0.3, -0.25) is 9.59 Å². The number of aryl methyl sites for hydroxylation is 2. The van der Waals surface area contributed by atoms with E-state index in [2.05, 4.69) is 20.4 Å². The first-order valence-electron chi connectivity index (χ1n) is 8.04. The zero-order chi connectivity index (χ0) is 18.7. The van der Waals surface area contributed by atoms with Crippen LogP contribution in [0.3, 0.4) is 0 Å². The summed E-state index contributed by atoms with van der Waals surface area (Å²) in [5.41, 5.74) is 2.95. The number of benzene rings is 1.